The molecule has 0 aromatic heterocycles. The molecule has 1 aromatic rings. The number of hydrogen-bond donors (Lipinski definition) is 2. The number of nitrogens with one attached hydrogen (secondary N) is 1. The number of anilines is 1. The summed E-state index contributed by atoms with van der Waals surface area (Å²) in [5.41, 5.74) is -1.85. The third kappa shape index (κ3) is 7.96. The third-order valence-corrected chi connectivity index (χ3v) is 5.02. The number of nitrogens with zero attached hydrogens (tertiary/aromatic N) is 3. The fraction of sp³-hybridized carbons (Fsp3) is 0.533. The first-order valence-corrected chi connectivity index (χ1v) is 11.9. The van der Waals surface area contributed by atoms with Crippen molar-refractivity contribution in [2.75, 3.05) is 48.4 Å². The van der Waals surface area contributed by atoms with Gasteiger partial charge in [0.25, 0.3) is 27.4 Å². The van der Waals surface area contributed by atoms with Crippen LogP contribution in [0, 0.1) is 20.2 Å². The zero-order valence-corrected chi connectivity index (χ0v) is 18.9. The Labute approximate surface area is 185 Å². The standard InChI is InChI=1S/C15H21IN4O9S/c1-30(27,28)29-8-6-18(5-2-3-16)14-12(15(22)17-4-7-21)9-11(19(23)24)10-13(14)20(25)26/h9-10,21H,2-8H2,1H3,(H,17,22). The molecule has 0 saturated carbocycles. The maximum Gasteiger partial charge on any atom is 0.300 e. The number of halogens is 1. The highest BCUT2D eigenvalue weighted by Gasteiger charge is 2.31. The molecule has 0 unspecified atom stereocenters. The molecule has 0 atom stereocenters. The zero-order chi connectivity index (χ0) is 22.9. The average molecular weight is 560 g/mol. The number of alkyl halides is 1. The van der Waals surface area contributed by atoms with Crippen LogP contribution in [0.3, 0.4) is 0 Å². The van der Waals surface area contributed by atoms with E-state index in [9.17, 15) is 33.4 Å². The first kappa shape index (κ1) is 25.9. The summed E-state index contributed by atoms with van der Waals surface area (Å²) in [7, 11) is -3.76. The normalized spacial score (nSPS) is 11.2. The quantitative estimate of drug-likeness (QED) is 0.115. The van der Waals surface area contributed by atoms with Crippen LogP contribution in [0.25, 0.3) is 0 Å². The monoisotopic (exact) mass is 560 g/mol. The van der Waals surface area contributed by atoms with Crippen molar-refractivity contribution in [3.05, 3.63) is 37.9 Å². The number of nitro groups is 2. The van der Waals surface area contributed by atoms with Gasteiger partial charge in [0.1, 0.15) is 5.69 Å². The summed E-state index contributed by atoms with van der Waals surface area (Å²) >= 11 is 2.08. The van der Waals surface area contributed by atoms with Gasteiger partial charge in [-0.15, -0.1) is 0 Å². The van der Waals surface area contributed by atoms with Gasteiger partial charge in [-0.05, 0) is 6.42 Å². The Balaban J connectivity index is 3.57. The van der Waals surface area contributed by atoms with E-state index in [1.807, 2.05) is 0 Å². The number of amides is 1. The number of carbonyl (C=O) groups excluding carboxylic acids is 1. The number of aliphatic hydroxyl groups excluding tert-OH is 1. The van der Waals surface area contributed by atoms with E-state index in [4.69, 9.17) is 9.29 Å². The molecule has 0 aliphatic rings. The van der Waals surface area contributed by atoms with E-state index >= 15 is 0 Å². The number of nitro benzene ring substituents is 2. The van der Waals surface area contributed by atoms with E-state index in [1.165, 1.54) is 4.90 Å². The lowest BCUT2D eigenvalue weighted by molar-refractivity contribution is -0.393. The largest absolute Gasteiger partial charge is 0.395 e. The van der Waals surface area contributed by atoms with Crippen LogP contribution in [0.1, 0.15) is 16.8 Å². The summed E-state index contributed by atoms with van der Waals surface area (Å²) in [6.07, 6.45) is 1.38. The van der Waals surface area contributed by atoms with Crippen molar-refractivity contribution in [1.82, 2.24) is 5.32 Å². The minimum absolute atomic E-state index is 0.122. The second-order valence-electron chi connectivity index (χ2n) is 5.91. The maximum atomic E-state index is 12.6. The average Bonchev–Trinajstić information content (AvgIpc) is 2.66. The number of benzene rings is 1. The fourth-order valence-electron chi connectivity index (χ4n) is 2.50. The third-order valence-electron chi connectivity index (χ3n) is 3.66. The molecule has 168 valence electrons. The van der Waals surface area contributed by atoms with Gasteiger partial charge in [0.2, 0.25) is 0 Å². The Bertz CT molecular complexity index is 894. The molecule has 0 aliphatic heterocycles. The van der Waals surface area contributed by atoms with E-state index in [2.05, 4.69) is 27.9 Å². The summed E-state index contributed by atoms with van der Waals surface area (Å²) in [5.74, 6) is -0.852. The molecular formula is C15H21IN4O9S. The molecule has 0 heterocycles. The number of non-ortho nitro benzene ring substituents is 1. The van der Waals surface area contributed by atoms with Gasteiger partial charge < -0.3 is 15.3 Å². The molecule has 0 radical (unpaired) electrons. The molecule has 1 amide bonds. The fourth-order valence-corrected chi connectivity index (χ4v) is 3.22. The van der Waals surface area contributed by atoms with Crippen molar-refractivity contribution in [1.29, 1.82) is 0 Å². The SMILES string of the molecule is CS(=O)(=O)OCCN(CCCI)c1c(C(=O)NCCO)cc([N+](=O)[O-])cc1[N+](=O)[O-]. The van der Waals surface area contributed by atoms with Crippen LogP contribution in [-0.4, -0.2) is 72.8 Å². The van der Waals surface area contributed by atoms with Crippen LogP contribution < -0.4 is 10.2 Å². The highest BCUT2D eigenvalue weighted by atomic mass is 127. The zero-order valence-electron chi connectivity index (χ0n) is 15.9. The summed E-state index contributed by atoms with van der Waals surface area (Å²) in [6, 6.07) is 1.65. The molecule has 0 bridgehead atoms. The van der Waals surface area contributed by atoms with Crippen LogP contribution in [-0.2, 0) is 14.3 Å². The number of aliphatic hydroxyl groups is 1. The first-order chi connectivity index (χ1) is 14.0. The molecule has 1 rings (SSSR count). The van der Waals surface area contributed by atoms with E-state index < -0.39 is 43.9 Å². The minimum Gasteiger partial charge on any atom is -0.395 e. The van der Waals surface area contributed by atoms with Crippen molar-refractivity contribution < 1.29 is 32.3 Å². The highest BCUT2D eigenvalue weighted by molar-refractivity contribution is 14.1. The Morgan fingerprint density at radius 2 is 1.93 bits per heavy atom. The van der Waals surface area contributed by atoms with E-state index in [1.54, 1.807) is 0 Å². The Morgan fingerprint density at radius 3 is 2.43 bits per heavy atom. The lowest BCUT2D eigenvalue weighted by Crippen LogP contribution is -2.34. The Morgan fingerprint density at radius 1 is 1.27 bits per heavy atom. The van der Waals surface area contributed by atoms with Crippen LogP contribution >= 0.6 is 22.6 Å². The Hall–Kier alpha value is -2.11. The van der Waals surface area contributed by atoms with Crippen LogP contribution in [0.15, 0.2) is 12.1 Å². The second-order valence-corrected chi connectivity index (χ2v) is 8.63. The number of rotatable bonds is 13. The van der Waals surface area contributed by atoms with E-state index in [-0.39, 0.29) is 37.5 Å². The van der Waals surface area contributed by atoms with Gasteiger partial charge in [0.05, 0.1) is 40.9 Å². The van der Waals surface area contributed by atoms with Crippen LogP contribution in [0.5, 0.6) is 0 Å². The smallest absolute Gasteiger partial charge is 0.300 e. The summed E-state index contributed by atoms with van der Waals surface area (Å²) in [5, 5.41) is 34.1. The molecule has 0 saturated heterocycles. The van der Waals surface area contributed by atoms with Crippen LogP contribution in [0.4, 0.5) is 17.1 Å². The predicted molar refractivity (Wildman–Crippen MR) is 116 cm³/mol. The second kappa shape index (κ2) is 11.9. The molecule has 0 fully saturated rings. The van der Waals surface area contributed by atoms with Gasteiger partial charge in [-0.3, -0.25) is 29.2 Å². The van der Waals surface area contributed by atoms with Crippen molar-refractivity contribution in [3.8, 4) is 0 Å². The molecule has 1 aromatic carbocycles. The number of hydrogen-bond acceptors (Lipinski definition) is 10. The molecule has 15 heteroatoms. The minimum atomic E-state index is -3.76. The van der Waals surface area contributed by atoms with Crippen molar-refractivity contribution >= 4 is 55.7 Å². The van der Waals surface area contributed by atoms with Crippen molar-refractivity contribution in [3.63, 3.8) is 0 Å². The lowest BCUT2D eigenvalue weighted by atomic mass is 10.1. The van der Waals surface area contributed by atoms with Gasteiger partial charge >= 0.3 is 0 Å². The van der Waals surface area contributed by atoms with Crippen molar-refractivity contribution in [2.24, 2.45) is 0 Å². The molecule has 2 N–H and O–H groups in total. The maximum absolute atomic E-state index is 12.6. The van der Waals surface area contributed by atoms with E-state index in [0.29, 0.717) is 10.8 Å². The van der Waals surface area contributed by atoms with Gasteiger partial charge in [0, 0.05) is 30.1 Å². The van der Waals surface area contributed by atoms with Gasteiger partial charge in [-0.25, -0.2) is 0 Å². The summed E-state index contributed by atoms with van der Waals surface area (Å²) in [6.45, 7) is -0.831. The summed E-state index contributed by atoms with van der Waals surface area (Å²) in [4.78, 5) is 35.1. The predicted octanol–water partition coefficient (Wildman–Crippen LogP) is 0.833. The van der Waals surface area contributed by atoms with Gasteiger partial charge in [-0.2, -0.15) is 8.42 Å². The molecular weight excluding hydrogens is 539 g/mol. The van der Waals surface area contributed by atoms with Crippen molar-refractivity contribution in [2.45, 2.75) is 6.42 Å². The first-order valence-electron chi connectivity index (χ1n) is 8.53. The topological polar surface area (TPSA) is 182 Å². The molecule has 30 heavy (non-hydrogen) atoms. The van der Waals surface area contributed by atoms with Gasteiger partial charge in [0.15, 0.2) is 0 Å². The molecule has 0 spiro atoms. The highest BCUT2D eigenvalue weighted by Crippen LogP contribution is 2.36. The Kier molecular flexibility index (Phi) is 10.3. The summed E-state index contributed by atoms with van der Waals surface area (Å²) < 4.78 is 27.8. The number of carbonyl (C=O) groups is 1. The molecule has 0 aliphatic carbocycles. The van der Waals surface area contributed by atoms with E-state index in [0.717, 1.165) is 18.4 Å². The lowest BCUT2D eigenvalue weighted by Gasteiger charge is -2.26. The molecule has 13 nitrogen and oxygen atoms in total. The van der Waals surface area contributed by atoms with Crippen LogP contribution in [0.2, 0.25) is 0 Å². The van der Waals surface area contributed by atoms with Gasteiger partial charge in [-0.1, -0.05) is 22.6 Å².